The van der Waals surface area contributed by atoms with E-state index in [0.29, 0.717) is 11.8 Å². The van der Waals surface area contributed by atoms with Crippen molar-refractivity contribution in [2.45, 2.75) is 32.4 Å². The van der Waals surface area contributed by atoms with Crippen LogP contribution in [0.15, 0.2) is 78.9 Å². The van der Waals surface area contributed by atoms with Gasteiger partial charge >= 0.3 is 0 Å². The molecule has 2 unspecified atom stereocenters. The predicted molar refractivity (Wildman–Crippen MR) is 125 cm³/mol. The first kappa shape index (κ1) is 19.5. The summed E-state index contributed by atoms with van der Waals surface area (Å²) in [7, 11) is 0. The van der Waals surface area contributed by atoms with Crippen LogP contribution >= 0.6 is 0 Å². The van der Waals surface area contributed by atoms with Crippen molar-refractivity contribution in [1.29, 1.82) is 0 Å². The first-order valence-electron chi connectivity index (χ1n) is 11.4. The van der Waals surface area contributed by atoms with E-state index in [1.54, 1.807) is 5.56 Å². The molecule has 2 nitrogen and oxygen atoms in total. The first-order valence-corrected chi connectivity index (χ1v) is 11.4. The van der Waals surface area contributed by atoms with Crippen LogP contribution in [0.2, 0.25) is 0 Å². The summed E-state index contributed by atoms with van der Waals surface area (Å²) in [5.74, 6) is 1.30. The van der Waals surface area contributed by atoms with E-state index in [0.717, 1.165) is 19.6 Å². The molecule has 2 heterocycles. The minimum atomic E-state index is 0.617. The number of hydrogen-bond acceptors (Lipinski definition) is 2. The minimum absolute atomic E-state index is 0.617. The molecule has 3 aromatic rings. The molecule has 154 valence electrons. The fourth-order valence-corrected chi connectivity index (χ4v) is 5.35. The monoisotopic (exact) mass is 396 g/mol. The van der Waals surface area contributed by atoms with E-state index in [1.807, 2.05) is 0 Å². The smallest absolute Gasteiger partial charge is 0.0236 e. The van der Waals surface area contributed by atoms with Gasteiger partial charge in [-0.2, -0.15) is 0 Å². The number of fused-ring (bicyclic) bond motifs is 1. The zero-order chi connectivity index (χ0) is 20.3. The summed E-state index contributed by atoms with van der Waals surface area (Å²) in [5, 5.41) is 0. The van der Waals surface area contributed by atoms with Gasteiger partial charge in [-0.1, -0.05) is 84.4 Å². The van der Waals surface area contributed by atoms with Crippen LogP contribution in [0.5, 0.6) is 0 Å². The molecule has 2 aliphatic rings. The van der Waals surface area contributed by atoms with E-state index < -0.39 is 0 Å². The highest BCUT2D eigenvalue weighted by Crippen LogP contribution is 2.35. The molecular weight excluding hydrogens is 364 g/mol. The fourth-order valence-electron chi connectivity index (χ4n) is 5.35. The predicted octanol–water partition coefficient (Wildman–Crippen LogP) is 5.27. The molecule has 2 heteroatoms. The number of nitrogens with zero attached hydrogens (tertiary/aromatic N) is 2. The van der Waals surface area contributed by atoms with Gasteiger partial charge in [0.2, 0.25) is 0 Å². The average molecular weight is 397 g/mol. The maximum atomic E-state index is 2.69. The van der Waals surface area contributed by atoms with Gasteiger partial charge in [-0.25, -0.2) is 0 Å². The Bertz CT molecular complexity index is 963. The van der Waals surface area contributed by atoms with Crippen LogP contribution in [-0.2, 0) is 19.5 Å². The second-order valence-corrected chi connectivity index (χ2v) is 9.21. The second kappa shape index (κ2) is 8.75. The summed E-state index contributed by atoms with van der Waals surface area (Å²) < 4.78 is 0. The normalized spacial score (nSPS) is 22.2. The van der Waals surface area contributed by atoms with E-state index in [4.69, 9.17) is 0 Å². The van der Waals surface area contributed by atoms with Crippen LogP contribution in [0, 0.1) is 12.8 Å². The maximum Gasteiger partial charge on any atom is 0.0236 e. The molecule has 0 aromatic heterocycles. The van der Waals surface area contributed by atoms with Gasteiger partial charge in [-0.15, -0.1) is 0 Å². The molecule has 30 heavy (non-hydrogen) atoms. The lowest BCUT2D eigenvalue weighted by Gasteiger charge is -2.32. The zero-order valence-corrected chi connectivity index (χ0v) is 18.0. The molecule has 0 spiro atoms. The Hall–Kier alpha value is -2.42. The van der Waals surface area contributed by atoms with Gasteiger partial charge in [-0.05, 0) is 41.5 Å². The Labute approximate surface area is 181 Å². The summed E-state index contributed by atoms with van der Waals surface area (Å²) >= 11 is 0. The highest BCUT2D eigenvalue weighted by atomic mass is 15.2. The lowest BCUT2D eigenvalue weighted by molar-refractivity contribution is 0.204. The standard InChI is InChI=1S/C28H32N2/c1-22-11-13-25(14-12-22)28-21-30(17-23-7-3-2-4-8-23)20-27(28)19-29-16-15-24-9-5-6-10-26(24)18-29/h2-14,27-28H,15-21H2,1H3. The maximum absolute atomic E-state index is 2.69. The van der Waals surface area contributed by atoms with Crippen molar-refractivity contribution in [3.05, 3.63) is 107 Å². The Morgan fingerprint density at radius 1 is 0.767 bits per heavy atom. The summed E-state index contributed by atoms with van der Waals surface area (Å²) in [4.78, 5) is 5.36. The van der Waals surface area contributed by atoms with Crippen molar-refractivity contribution in [3.8, 4) is 0 Å². The van der Waals surface area contributed by atoms with Crippen LogP contribution in [0.25, 0.3) is 0 Å². The largest absolute Gasteiger partial charge is 0.298 e. The highest BCUT2D eigenvalue weighted by Gasteiger charge is 2.35. The van der Waals surface area contributed by atoms with Crippen molar-refractivity contribution in [2.75, 3.05) is 26.2 Å². The van der Waals surface area contributed by atoms with Crippen LogP contribution < -0.4 is 0 Å². The zero-order valence-electron chi connectivity index (χ0n) is 18.0. The molecule has 0 N–H and O–H groups in total. The number of aryl methyl sites for hydroxylation is 1. The van der Waals surface area contributed by atoms with E-state index >= 15 is 0 Å². The molecule has 0 aliphatic carbocycles. The second-order valence-electron chi connectivity index (χ2n) is 9.21. The molecule has 1 saturated heterocycles. The van der Waals surface area contributed by atoms with Gasteiger partial charge < -0.3 is 0 Å². The molecule has 5 rings (SSSR count). The van der Waals surface area contributed by atoms with Gasteiger partial charge in [-0.3, -0.25) is 9.80 Å². The molecule has 1 fully saturated rings. The Balaban J connectivity index is 1.33. The van der Waals surface area contributed by atoms with E-state index in [9.17, 15) is 0 Å². The molecular formula is C28H32N2. The summed E-state index contributed by atoms with van der Waals surface area (Å²) in [6.45, 7) is 9.07. The Morgan fingerprint density at radius 2 is 1.50 bits per heavy atom. The summed E-state index contributed by atoms with van der Waals surface area (Å²) in [6.07, 6.45) is 1.19. The Morgan fingerprint density at radius 3 is 2.30 bits per heavy atom. The van der Waals surface area contributed by atoms with Gasteiger partial charge in [0.05, 0.1) is 0 Å². The van der Waals surface area contributed by atoms with E-state index in [2.05, 4.69) is 95.6 Å². The number of hydrogen-bond donors (Lipinski definition) is 0. The van der Waals surface area contributed by atoms with Crippen LogP contribution in [0.3, 0.4) is 0 Å². The third-order valence-corrected chi connectivity index (χ3v) is 6.97. The third kappa shape index (κ3) is 4.35. The Kier molecular flexibility index (Phi) is 5.70. The molecule has 0 saturated carbocycles. The molecule has 3 aromatic carbocycles. The number of benzene rings is 3. The van der Waals surface area contributed by atoms with Gasteiger partial charge in [0.1, 0.15) is 0 Å². The summed E-state index contributed by atoms with van der Waals surface area (Å²) in [5.41, 5.74) is 7.35. The lowest BCUT2D eigenvalue weighted by atomic mass is 9.87. The number of likely N-dealkylation sites (tertiary alicyclic amines) is 1. The third-order valence-electron chi connectivity index (χ3n) is 6.97. The van der Waals surface area contributed by atoms with Gasteiger partial charge in [0.15, 0.2) is 0 Å². The van der Waals surface area contributed by atoms with E-state index in [-0.39, 0.29) is 0 Å². The molecule has 2 aliphatic heterocycles. The summed E-state index contributed by atoms with van der Waals surface area (Å²) in [6, 6.07) is 29.2. The lowest BCUT2D eigenvalue weighted by Crippen LogP contribution is -2.36. The molecule has 0 bridgehead atoms. The van der Waals surface area contributed by atoms with Crippen molar-refractivity contribution < 1.29 is 0 Å². The average Bonchev–Trinajstić information content (AvgIpc) is 3.17. The quantitative estimate of drug-likeness (QED) is 0.580. The van der Waals surface area contributed by atoms with Crippen molar-refractivity contribution in [2.24, 2.45) is 5.92 Å². The SMILES string of the molecule is Cc1ccc(C2CN(Cc3ccccc3)CC2CN2CCc3ccccc3C2)cc1. The van der Waals surface area contributed by atoms with Crippen molar-refractivity contribution in [1.82, 2.24) is 9.80 Å². The molecule has 0 amide bonds. The number of rotatable bonds is 5. The van der Waals surface area contributed by atoms with Crippen molar-refractivity contribution in [3.63, 3.8) is 0 Å². The van der Waals surface area contributed by atoms with Crippen LogP contribution in [-0.4, -0.2) is 36.0 Å². The van der Waals surface area contributed by atoms with Crippen molar-refractivity contribution >= 4 is 0 Å². The van der Waals surface area contributed by atoms with Gasteiger partial charge in [0, 0.05) is 45.2 Å². The molecule has 2 atom stereocenters. The molecule has 0 radical (unpaired) electrons. The minimum Gasteiger partial charge on any atom is -0.298 e. The van der Waals surface area contributed by atoms with E-state index in [1.165, 1.54) is 48.3 Å². The topological polar surface area (TPSA) is 6.48 Å². The highest BCUT2D eigenvalue weighted by molar-refractivity contribution is 5.30. The van der Waals surface area contributed by atoms with Crippen LogP contribution in [0.1, 0.15) is 33.7 Å². The van der Waals surface area contributed by atoms with Crippen LogP contribution in [0.4, 0.5) is 0 Å². The fraction of sp³-hybridized carbons (Fsp3) is 0.357. The van der Waals surface area contributed by atoms with Gasteiger partial charge in [0.25, 0.3) is 0 Å². The first-order chi connectivity index (χ1) is 14.7.